The maximum absolute atomic E-state index is 9.80. The van der Waals surface area contributed by atoms with Crippen molar-refractivity contribution in [3.8, 4) is 11.5 Å². The summed E-state index contributed by atoms with van der Waals surface area (Å²) in [5, 5.41) is 19.5. The van der Waals surface area contributed by atoms with Gasteiger partial charge in [0.25, 0.3) is 0 Å². The van der Waals surface area contributed by atoms with E-state index in [0.717, 1.165) is 17.5 Å². The molecule has 14 heavy (non-hydrogen) atoms. The van der Waals surface area contributed by atoms with Gasteiger partial charge in [0.15, 0.2) is 11.5 Å². The molecule has 0 aliphatic carbocycles. The Kier molecular flexibility index (Phi) is 2.74. The third-order valence-electron chi connectivity index (χ3n) is 2.42. The number of hydrogen-bond acceptors (Lipinski definition) is 2. The van der Waals surface area contributed by atoms with Gasteiger partial charge in [0.2, 0.25) is 0 Å². The van der Waals surface area contributed by atoms with Crippen LogP contribution in [0.5, 0.6) is 11.5 Å². The molecule has 0 saturated carbocycles. The van der Waals surface area contributed by atoms with Crippen LogP contribution in [-0.2, 0) is 11.8 Å². The minimum Gasteiger partial charge on any atom is -0.504 e. The van der Waals surface area contributed by atoms with Crippen molar-refractivity contribution in [1.82, 2.24) is 0 Å². The van der Waals surface area contributed by atoms with Crippen molar-refractivity contribution in [3.05, 3.63) is 23.3 Å². The van der Waals surface area contributed by atoms with Gasteiger partial charge in [-0.1, -0.05) is 39.8 Å². The summed E-state index contributed by atoms with van der Waals surface area (Å²) in [6.45, 7) is 7.97. The van der Waals surface area contributed by atoms with Crippen LogP contribution in [0, 0.1) is 0 Å². The van der Waals surface area contributed by atoms with Gasteiger partial charge in [0.05, 0.1) is 0 Å². The second kappa shape index (κ2) is 3.52. The van der Waals surface area contributed by atoms with E-state index in [1.54, 1.807) is 0 Å². The van der Waals surface area contributed by atoms with Gasteiger partial charge < -0.3 is 10.2 Å². The highest BCUT2D eigenvalue weighted by molar-refractivity contribution is 5.52. The Bertz CT molecular complexity index is 335. The van der Waals surface area contributed by atoms with Crippen molar-refractivity contribution in [2.45, 2.75) is 39.5 Å². The number of aryl methyl sites for hydroxylation is 1. The zero-order chi connectivity index (χ0) is 10.9. The SMILES string of the molecule is CCc1ccc(C(C)(C)C)c(O)c1O. The molecule has 2 nitrogen and oxygen atoms in total. The van der Waals surface area contributed by atoms with E-state index in [1.165, 1.54) is 0 Å². The van der Waals surface area contributed by atoms with Crippen LogP contribution in [0.1, 0.15) is 38.8 Å². The first-order valence-corrected chi connectivity index (χ1v) is 4.92. The molecule has 0 heterocycles. The summed E-state index contributed by atoms with van der Waals surface area (Å²) in [6.07, 6.45) is 0.726. The quantitative estimate of drug-likeness (QED) is 0.675. The second-order valence-corrected chi connectivity index (χ2v) is 4.57. The standard InChI is InChI=1S/C12H18O2/c1-5-8-6-7-9(12(2,3)4)11(14)10(8)13/h6-7,13-14H,5H2,1-4H3. The van der Waals surface area contributed by atoms with Crippen LogP contribution in [0.2, 0.25) is 0 Å². The molecule has 2 N–H and O–H groups in total. The minimum absolute atomic E-state index is 0.0249. The van der Waals surface area contributed by atoms with Crippen molar-refractivity contribution in [2.75, 3.05) is 0 Å². The molecule has 0 spiro atoms. The first-order valence-electron chi connectivity index (χ1n) is 4.92. The molecule has 0 unspecified atom stereocenters. The van der Waals surface area contributed by atoms with Crippen LogP contribution in [-0.4, -0.2) is 10.2 Å². The second-order valence-electron chi connectivity index (χ2n) is 4.57. The van der Waals surface area contributed by atoms with Gasteiger partial charge >= 0.3 is 0 Å². The van der Waals surface area contributed by atoms with Gasteiger partial charge in [0, 0.05) is 5.56 Å². The number of rotatable bonds is 1. The van der Waals surface area contributed by atoms with Gasteiger partial charge in [-0.3, -0.25) is 0 Å². The Hall–Kier alpha value is -1.18. The predicted octanol–water partition coefficient (Wildman–Crippen LogP) is 2.96. The number of aromatic hydroxyl groups is 2. The Morgan fingerprint density at radius 1 is 1.07 bits per heavy atom. The van der Waals surface area contributed by atoms with E-state index in [4.69, 9.17) is 0 Å². The lowest BCUT2D eigenvalue weighted by Gasteiger charge is -2.21. The Labute approximate surface area is 85.2 Å². The summed E-state index contributed by atoms with van der Waals surface area (Å²) in [6, 6.07) is 3.75. The molecule has 0 saturated heterocycles. The van der Waals surface area contributed by atoms with E-state index in [0.29, 0.717) is 0 Å². The van der Waals surface area contributed by atoms with Gasteiger partial charge in [-0.15, -0.1) is 0 Å². The summed E-state index contributed by atoms with van der Waals surface area (Å²) in [5.74, 6) is 0.0526. The fraction of sp³-hybridized carbons (Fsp3) is 0.500. The fourth-order valence-electron chi connectivity index (χ4n) is 1.51. The monoisotopic (exact) mass is 194 g/mol. The predicted molar refractivity (Wildman–Crippen MR) is 57.8 cm³/mol. The van der Waals surface area contributed by atoms with Crippen LogP contribution >= 0.6 is 0 Å². The molecule has 0 amide bonds. The lowest BCUT2D eigenvalue weighted by atomic mass is 9.85. The number of benzene rings is 1. The average Bonchev–Trinajstić information content (AvgIpc) is 2.07. The van der Waals surface area contributed by atoms with Gasteiger partial charge in [0.1, 0.15) is 0 Å². The smallest absolute Gasteiger partial charge is 0.161 e. The molecule has 2 heteroatoms. The van der Waals surface area contributed by atoms with Crippen molar-refractivity contribution < 1.29 is 10.2 Å². The van der Waals surface area contributed by atoms with Crippen LogP contribution in [0.3, 0.4) is 0 Å². The summed E-state index contributed by atoms with van der Waals surface area (Å²) in [7, 11) is 0. The molecule has 0 fully saturated rings. The van der Waals surface area contributed by atoms with Crippen molar-refractivity contribution in [2.24, 2.45) is 0 Å². The molecule has 1 rings (SSSR count). The molecule has 1 aromatic rings. The number of phenols is 2. The lowest BCUT2D eigenvalue weighted by molar-refractivity contribution is 0.385. The van der Waals surface area contributed by atoms with E-state index in [-0.39, 0.29) is 16.9 Å². The summed E-state index contributed by atoms with van der Waals surface area (Å²) >= 11 is 0. The third-order valence-corrected chi connectivity index (χ3v) is 2.42. The van der Waals surface area contributed by atoms with Crippen LogP contribution in [0.4, 0.5) is 0 Å². The topological polar surface area (TPSA) is 40.5 Å². The maximum atomic E-state index is 9.80. The first kappa shape index (κ1) is 10.9. The largest absolute Gasteiger partial charge is 0.504 e. The molecular weight excluding hydrogens is 176 g/mol. The van der Waals surface area contributed by atoms with Crippen molar-refractivity contribution in [1.29, 1.82) is 0 Å². The number of phenolic OH excluding ortho intramolecular Hbond substituents is 2. The highest BCUT2D eigenvalue weighted by Gasteiger charge is 2.21. The van der Waals surface area contributed by atoms with Crippen molar-refractivity contribution >= 4 is 0 Å². The van der Waals surface area contributed by atoms with Gasteiger partial charge in [-0.2, -0.15) is 0 Å². The number of hydrogen-bond donors (Lipinski definition) is 2. The maximum Gasteiger partial charge on any atom is 0.161 e. The molecule has 78 valence electrons. The Balaban J connectivity index is 3.31. The molecule has 0 aliphatic heterocycles. The molecular formula is C12H18O2. The highest BCUT2D eigenvalue weighted by atomic mass is 16.3. The van der Waals surface area contributed by atoms with E-state index in [9.17, 15) is 10.2 Å². The third kappa shape index (κ3) is 1.84. The van der Waals surface area contributed by atoms with Crippen LogP contribution in [0.25, 0.3) is 0 Å². The Morgan fingerprint density at radius 2 is 1.64 bits per heavy atom. The van der Waals surface area contributed by atoms with E-state index >= 15 is 0 Å². The normalized spacial score (nSPS) is 11.7. The zero-order valence-electron chi connectivity index (χ0n) is 9.26. The summed E-state index contributed by atoms with van der Waals surface area (Å²) in [5.41, 5.74) is 1.43. The van der Waals surface area contributed by atoms with Crippen LogP contribution in [0.15, 0.2) is 12.1 Å². The van der Waals surface area contributed by atoms with Gasteiger partial charge in [-0.25, -0.2) is 0 Å². The Morgan fingerprint density at radius 3 is 2.07 bits per heavy atom. The summed E-state index contributed by atoms with van der Waals surface area (Å²) < 4.78 is 0. The highest BCUT2D eigenvalue weighted by Crippen LogP contribution is 2.39. The zero-order valence-corrected chi connectivity index (χ0v) is 9.26. The van der Waals surface area contributed by atoms with Crippen LogP contribution < -0.4 is 0 Å². The van der Waals surface area contributed by atoms with E-state index in [2.05, 4.69) is 0 Å². The first-order chi connectivity index (χ1) is 6.38. The fourth-order valence-corrected chi connectivity index (χ4v) is 1.51. The lowest BCUT2D eigenvalue weighted by Crippen LogP contribution is -2.11. The van der Waals surface area contributed by atoms with Gasteiger partial charge in [-0.05, 0) is 17.4 Å². The van der Waals surface area contributed by atoms with Crippen molar-refractivity contribution in [3.63, 3.8) is 0 Å². The molecule has 0 radical (unpaired) electrons. The average molecular weight is 194 g/mol. The van der Waals surface area contributed by atoms with E-state index in [1.807, 2.05) is 39.8 Å². The molecule has 1 aromatic carbocycles. The van der Waals surface area contributed by atoms with E-state index < -0.39 is 0 Å². The minimum atomic E-state index is -0.145. The molecule has 0 aliphatic rings. The summed E-state index contributed by atoms with van der Waals surface area (Å²) in [4.78, 5) is 0. The molecule has 0 atom stereocenters. The molecule has 0 aromatic heterocycles. The molecule has 0 bridgehead atoms.